The van der Waals surface area contributed by atoms with E-state index < -0.39 is 12.1 Å². The number of hydrogen-bond donors (Lipinski definition) is 0. The third-order valence-electron chi connectivity index (χ3n) is 4.48. The minimum Gasteiger partial charge on any atom is -0.449 e. The fraction of sp³-hybridized carbons (Fsp3) is 0.545. The molecule has 2 atom stereocenters. The number of aromatic nitrogens is 5. The van der Waals surface area contributed by atoms with Crippen molar-refractivity contribution in [3.8, 4) is 0 Å². The maximum atomic E-state index is 12.9. The smallest absolute Gasteiger partial charge is 0.341 e. The zero-order chi connectivity index (χ0) is 23.7. The molecule has 10 heteroatoms. The van der Waals surface area contributed by atoms with Crippen molar-refractivity contribution >= 4 is 17.7 Å². The Morgan fingerprint density at radius 3 is 2.09 bits per heavy atom. The number of pyridine rings is 1. The normalized spacial score (nSPS) is 14.2. The molecular formula is C22H29N5O4S. The Morgan fingerprint density at radius 1 is 0.969 bits per heavy atom. The van der Waals surface area contributed by atoms with Gasteiger partial charge in [0.25, 0.3) is 5.89 Å². The van der Waals surface area contributed by atoms with Crippen LogP contribution in [0.25, 0.3) is 0 Å². The van der Waals surface area contributed by atoms with Crippen LogP contribution in [0.3, 0.4) is 0 Å². The second-order valence-electron chi connectivity index (χ2n) is 9.58. The van der Waals surface area contributed by atoms with Crippen molar-refractivity contribution in [2.45, 2.75) is 82.6 Å². The molecule has 0 bridgehead atoms. The highest BCUT2D eigenvalue weighted by atomic mass is 32.2. The zero-order valence-electron chi connectivity index (χ0n) is 19.7. The van der Waals surface area contributed by atoms with Gasteiger partial charge in [-0.05, 0) is 26.0 Å². The number of carbonyl (C=O) groups is 1. The van der Waals surface area contributed by atoms with Gasteiger partial charge in [-0.15, -0.1) is 0 Å². The molecule has 0 spiro atoms. The van der Waals surface area contributed by atoms with Gasteiger partial charge in [0.15, 0.2) is 17.8 Å². The highest BCUT2D eigenvalue weighted by Crippen LogP contribution is 2.36. The van der Waals surface area contributed by atoms with Crippen molar-refractivity contribution in [2.75, 3.05) is 0 Å². The van der Waals surface area contributed by atoms with E-state index in [4.69, 9.17) is 13.8 Å². The molecule has 0 fully saturated rings. The molecule has 0 radical (unpaired) electrons. The average molecular weight is 460 g/mol. The molecule has 3 heterocycles. The van der Waals surface area contributed by atoms with E-state index in [2.05, 4.69) is 25.3 Å². The first-order chi connectivity index (χ1) is 14.9. The molecule has 172 valence electrons. The summed E-state index contributed by atoms with van der Waals surface area (Å²) in [6.07, 6.45) is 0.920. The van der Waals surface area contributed by atoms with Crippen LogP contribution in [0.1, 0.15) is 101 Å². The quantitative estimate of drug-likeness (QED) is 0.359. The van der Waals surface area contributed by atoms with E-state index in [0.29, 0.717) is 28.1 Å². The van der Waals surface area contributed by atoms with Gasteiger partial charge in [-0.2, -0.15) is 9.97 Å². The molecular weight excluding hydrogens is 430 g/mol. The van der Waals surface area contributed by atoms with Crippen molar-refractivity contribution in [2.24, 2.45) is 0 Å². The van der Waals surface area contributed by atoms with Crippen molar-refractivity contribution < 1.29 is 18.6 Å². The number of hydrogen-bond acceptors (Lipinski definition) is 10. The maximum Gasteiger partial charge on any atom is 0.341 e. The Labute approximate surface area is 191 Å². The molecule has 0 aliphatic rings. The van der Waals surface area contributed by atoms with Crippen LogP contribution in [0.2, 0.25) is 0 Å². The molecule has 0 saturated heterocycles. The van der Waals surface area contributed by atoms with Crippen molar-refractivity contribution in [1.29, 1.82) is 0 Å². The summed E-state index contributed by atoms with van der Waals surface area (Å²) in [5.41, 5.74) is -0.150. The first kappa shape index (κ1) is 23.9. The summed E-state index contributed by atoms with van der Waals surface area (Å²) in [7, 11) is 0. The first-order valence-electron chi connectivity index (χ1n) is 10.4. The van der Waals surface area contributed by atoms with Crippen molar-refractivity contribution in [3.05, 3.63) is 47.3 Å². The zero-order valence-corrected chi connectivity index (χ0v) is 20.5. The predicted molar refractivity (Wildman–Crippen MR) is 118 cm³/mol. The van der Waals surface area contributed by atoms with Gasteiger partial charge in [0.2, 0.25) is 5.89 Å². The Balaban J connectivity index is 1.73. The van der Waals surface area contributed by atoms with Crippen LogP contribution < -0.4 is 0 Å². The van der Waals surface area contributed by atoms with Crippen LogP contribution in [-0.4, -0.2) is 31.2 Å². The van der Waals surface area contributed by atoms with E-state index in [1.807, 2.05) is 48.5 Å². The summed E-state index contributed by atoms with van der Waals surface area (Å²) in [6, 6.07) is 3.35. The Bertz CT molecular complexity index is 1080. The molecule has 0 aromatic carbocycles. The van der Waals surface area contributed by atoms with E-state index in [1.165, 1.54) is 11.8 Å². The van der Waals surface area contributed by atoms with E-state index in [-0.39, 0.29) is 22.0 Å². The van der Waals surface area contributed by atoms with Gasteiger partial charge in [0.05, 0.1) is 10.8 Å². The number of ether oxygens (including phenoxy) is 1. The number of rotatable bonds is 6. The third kappa shape index (κ3) is 5.53. The molecule has 0 amide bonds. The summed E-state index contributed by atoms with van der Waals surface area (Å²) in [5, 5.41) is 8.35. The fourth-order valence-electron chi connectivity index (χ4n) is 2.54. The second kappa shape index (κ2) is 9.01. The minimum atomic E-state index is -0.702. The fourth-order valence-corrected chi connectivity index (χ4v) is 3.47. The largest absolute Gasteiger partial charge is 0.449 e. The lowest BCUT2D eigenvalue weighted by Gasteiger charge is -2.13. The molecule has 0 aliphatic heterocycles. The van der Waals surface area contributed by atoms with Gasteiger partial charge in [-0.1, -0.05) is 63.6 Å². The summed E-state index contributed by atoms with van der Waals surface area (Å²) in [6.45, 7) is 15.6. The SMILES string of the molecule is CC(OC(=O)c1cccnc1SC(C)c1nc(C(C)(C)C)no1)c1nc(C(C)(C)C)no1. The Kier molecular flexibility index (Phi) is 6.73. The van der Waals surface area contributed by atoms with Crippen molar-refractivity contribution in [3.63, 3.8) is 0 Å². The van der Waals surface area contributed by atoms with Crippen LogP contribution >= 0.6 is 11.8 Å². The standard InChI is InChI=1S/C22H29N5O4S/c1-12(15-24-19(26-30-15)21(3,4)5)29-18(28)14-10-9-11-23-17(14)32-13(2)16-25-20(27-31-16)22(6,7)8/h9-13H,1-8H3. The average Bonchev–Trinajstić information content (AvgIpc) is 3.37. The van der Waals surface area contributed by atoms with Gasteiger partial charge in [0.1, 0.15) is 5.03 Å². The lowest BCUT2D eigenvalue weighted by molar-refractivity contribution is 0.0260. The molecule has 3 rings (SSSR count). The first-order valence-corrected chi connectivity index (χ1v) is 11.2. The van der Waals surface area contributed by atoms with Gasteiger partial charge in [-0.25, -0.2) is 9.78 Å². The Morgan fingerprint density at radius 2 is 1.53 bits per heavy atom. The molecule has 2 unspecified atom stereocenters. The summed E-state index contributed by atoms with van der Waals surface area (Å²) in [4.78, 5) is 26.1. The van der Waals surface area contributed by atoms with Crippen molar-refractivity contribution in [1.82, 2.24) is 25.3 Å². The van der Waals surface area contributed by atoms with Crippen LogP contribution in [-0.2, 0) is 15.6 Å². The number of carbonyl (C=O) groups excluding carboxylic acids is 1. The van der Waals surface area contributed by atoms with E-state index in [0.717, 1.165) is 0 Å². The van der Waals surface area contributed by atoms with Crippen LogP contribution in [0, 0.1) is 0 Å². The number of nitrogens with zero attached hydrogens (tertiary/aromatic N) is 5. The van der Waals surface area contributed by atoms with Gasteiger partial charge in [-0.3, -0.25) is 0 Å². The summed E-state index contributed by atoms with van der Waals surface area (Å²) < 4.78 is 16.3. The molecule has 32 heavy (non-hydrogen) atoms. The highest BCUT2D eigenvalue weighted by Gasteiger charge is 2.28. The number of esters is 1. The lowest BCUT2D eigenvalue weighted by Crippen LogP contribution is -2.14. The number of thioether (sulfide) groups is 1. The van der Waals surface area contributed by atoms with Gasteiger partial charge in [0, 0.05) is 17.0 Å². The van der Waals surface area contributed by atoms with Crippen LogP contribution in [0.4, 0.5) is 0 Å². The monoisotopic (exact) mass is 459 g/mol. The minimum absolute atomic E-state index is 0.206. The van der Waals surface area contributed by atoms with Crippen LogP contribution in [0.5, 0.6) is 0 Å². The summed E-state index contributed by atoms with van der Waals surface area (Å²) >= 11 is 1.35. The predicted octanol–water partition coefficient (Wildman–Crippen LogP) is 5.21. The summed E-state index contributed by atoms with van der Waals surface area (Å²) in [5.74, 6) is 1.37. The second-order valence-corrected chi connectivity index (χ2v) is 10.9. The van der Waals surface area contributed by atoms with Crippen LogP contribution in [0.15, 0.2) is 32.4 Å². The highest BCUT2D eigenvalue weighted by molar-refractivity contribution is 7.99. The van der Waals surface area contributed by atoms with E-state index >= 15 is 0 Å². The molecule has 0 N–H and O–H groups in total. The van der Waals surface area contributed by atoms with E-state index in [1.54, 1.807) is 25.3 Å². The molecule has 3 aromatic heterocycles. The lowest BCUT2D eigenvalue weighted by atomic mass is 9.96. The Hall–Kier alpha value is -2.75. The molecule has 0 aliphatic carbocycles. The molecule has 0 saturated carbocycles. The van der Waals surface area contributed by atoms with E-state index in [9.17, 15) is 4.79 Å². The molecule has 3 aromatic rings. The maximum absolute atomic E-state index is 12.9. The topological polar surface area (TPSA) is 117 Å². The third-order valence-corrected chi connectivity index (χ3v) is 5.59. The van der Waals surface area contributed by atoms with Gasteiger partial charge >= 0.3 is 5.97 Å². The van der Waals surface area contributed by atoms with Gasteiger partial charge < -0.3 is 13.8 Å². The molecule has 9 nitrogen and oxygen atoms in total.